The van der Waals surface area contributed by atoms with Gasteiger partial charge in [0.05, 0.1) is 28.4 Å². The summed E-state index contributed by atoms with van der Waals surface area (Å²) in [5, 5.41) is 14.3. The lowest BCUT2D eigenvalue weighted by atomic mass is 9.76. The van der Waals surface area contributed by atoms with Gasteiger partial charge in [0.1, 0.15) is 11.5 Å². The lowest BCUT2D eigenvalue weighted by molar-refractivity contribution is 0.135. The Bertz CT molecular complexity index is 1740. The normalized spacial score (nSPS) is 20.0. The van der Waals surface area contributed by atoms with Crippen LogP contribution in [-0.2, 0) is 25.7 Å². The molecular formula is C37H40N2O6. The Labute approximate surface area is 264 Å². The summed E-state index contributed by atoms with van der Waals surface area (Å²) in [5.41, 5.74) is 8.40. The van der Waals surface area contributed by atoms with Gasteiger partial charge in [-0.2, -0.15) is 0 Å². The maximum absolute atomic E-state index is 10.6. The van der Waals surface area contributed by atoms with E-state index >= 15 is 0 Å². The smallest absolute Gasteiger partial charge is 0.204 e. The van der Waals surface area contributed by atoms with Crippen molar-refractivity contribution in [1.29, 1.82) is 0 Å². The first-order chi connectivity index (χ1) is 21.9. The molecule has 0 radical (unpaired) electrons. The number of phenolic OH excluding ortho intramolecular Hbond substituents is 1. The molecule has 2 N–H and O–H groups in total. The lowest BCUT2D eigenvalue weighted by Gasteiger charge is -2.46. The number of hydrogen-bond donors (Lipinski definition) is 2. The van der Waals surface area contributed by atoms with Crippen LogP contribution >= 0.6 is 0 Å². The summed E-state index contributed by atoms with van der Waals surface area (Å²) in [6, 6.07) is 21.0. The summed E-state index contributed by atoms with van der Waals surface area (Å²) in [6.07, 6.45) is 3.30. The summed E-state index contributed by atoms with van der Waals surface area (Å²) in [6.45, 7) is 0.936. The summed E-state index contributed by atoms with van der Waals surface area (Å²) in [7, 11) is 8.77. The Morgan fingerprint density at radius 2 is 1.47 bits per heavy atom. The maximum atomic E-state index is 10.6. The van der Waals surface area contributed by atoms with Crippen molar-refractivity contribution in [2.45, 2.75) is 43.8 Å². The van der Waals surface area contributed by atoms with Crippen LogP contribution in [0.5, 0.6) is 40.2 Å². The third-order valence-corrected chi connectivity index (χ3v) is 9.81. The molecule has 2 bridgehead atoms. The molecule has 45 heavy (non-hydrogen) atoms. The van der Waals surface area contributed by atoms with E-state index in [-0.39, 0.29) is 23.9 Å². The highest BCUT2D eigenvalue weighted by molar-refractivity contribution is 5.64. The molecule has 4 aromatic carbocycles. The van der Waals surface area contributed by atoms with Gasteiger partial charge < -0.3 is 34.1 Å². The number of ether oxygens (including phenoxy) is 5. The molecule has 3 aliphatic rings. The zero-order chi connectivity index (χ0) is 31.2. The fraction of sp³-hybridized carbons (Fsp3) is 0.351. The topological polar surface area (TPSA) is 81.7 Å². The van der Waals surface area contributed by atoms with Crippen molar-refractivity contribution in [3.05, 3.63) is 99.6 Å². The van der Waals surface area contributed by atoms with E-state index in [1.54, 1.807) is 28.4 Å². The van der Waals surface area contributed by atoms with Crippen LogP contribution in [0.2, 0.25) is 0 Å². The van der Waals surface area contributed by atoms with Gasteiger partial charge in [-0.3, -0.25) is 4.90 Å². The Kier molecular flexibility index (Phi) is 7.71. The second-order valence-electron chi connectivity index (χ2n) is 12.1. The van der Waals surface area contributed by atoms with E-state index in [9.17, 15) is 5.11 Å². The van der Waals surface area contributed by atoms with Crippen LogP contribution in [0.4, 0.5) is 0 Å². The predicted molar refractivity (Wildman–Crippen MR) is 173 cm³/mol. The van der Waals surface area contributed by atoms with Crippen LogP contribution in [0.3, 0.4) is 0 Å². The van der Waals surface area contributed by atoms with Crippen molar-refractivity contribution < 1.29 is 28.8 Å². The van der Waals surface area contributed by atoms with Crippen molar-refractivity contribution in [2.75, 3.05) is 42.0 Å². The molecule has 0 amide bonds. The average Bonchev–Trinajstić information content (AvgIpc) is 3.06. The lowest BCUT2D eigenvalue weighted by Crippen LogP contribution is -2.40. The molecular weight excluding hydrogens is 568 g/mol. The molecule has 0 aromatic heterocycles. The monoisotopic (exact) mass is 608 g/mol. The standard InChI is InChI=1S/C37H40N2O6/c1-39-31-15-23-16-33(40)34(42-3)19-27(23)32(39)18-29-28(31)20-35(43-4)37(44-5)36(29)45-25-11-8-22-12-13-38-30(26(22)17-25)14-21-6-9-24(41-2)10-7-21/h6-11,16-17,19-20,30-32,38,40H,12-15,18H2,1-5H3. The number of benzene rings is 4. The molecule has 0 saturated carbocycles. The number of rotatable bonds is 8. The van der Waals surface area contributed by atoms with Crippen LogP contribution in [-0.4, -0.2) is 52.0 Å². The first kappa shape index (κ1) is 29.3. The van der Waals surface area contributed by atoms with Gasteiger partial charge in [-0.05, 0) is 115 Å². The van der Waals surface area contributed by atoms with Crippen molar-refractivity contribution in [2.24, 2.45) is 0 Å². The molecule has 3 aliphatic heterocycles. The fourth-order valence-electron chi connectivity index (χ4n) is 7.45. The van der Waals surface area contributed by atoms with Crippen LogP contribution in [0, 0.1) is 0 Å². The van der Waals surface area contributed by atoms with Gasteiger partial charge in [-0.25, -0.2) is 0 Å². The van der Waals surface area contributed by atoms with Crippen molar-refractivity contribution in [3.8, 4) is 40.2 Å². The Morgan fingerprint density at radius 1 is 0.733 bits per heavy atom. The second-order valence-corrected chi connectivity index (χ2v) is 12.1. The van der Waals surface area contributed by atoms with Crippen molar-refractivity contribution in [1.82, 2.24) is 10.2 Å². The summed E-state index contributed by atoms with van der Waals surface area (Å²) < 4.78 is 29.5. The number of likely N-dealkylation sites (N-methyl/N-ethyl adjacent to an activating group) is 1. The number of methoxy groups -OCH3 is 4. The Morgan fingerprint density at radius 3 is 2.20 bits per heavy atom. The van der Waals surface area contributed by atoms with E-state index in [1.807, 2.05) is 24.3 Å². The first-order valence-corrected chi connectivity index (χ1v) is 15.5. The third kappa shape index (κ3) is 5.12. The van der Waals surface area contributed by atoms with Crippen molar-refractivity contribution in [3.63, 3.8) is 0 Å². The fourth-order valence-corrected chi connectivity index (χ4v) is 7.45. The highest BCUT2D eigenvalue weighted by atomic mass is 16.5. The first-order valence-electron chi connectivity index (χ1n) is 15.5. The highest BCUT2D eigenvalue weighted by Gasteiger charge is 2.41. The average molecular weight is 609 g/mol. The molecule has 4 aromatic rings. The minimum atomic E-state index is 0.0859. The molecule has 0 aliphatic carbocycles. The number of nitrogens with zero attached hydrogens (tertiary/aromatic N) is 1. The minimum absolute atomic E-state index is 0.0859. The summed E-state index contributed by atoms with van der Waals surface area (Å²) in [4.78, 5) is 2.41. The molecule has 3 heterocycles. The van der Waals surface area contributed by atoms with Crippen LogP contribution in [0.1, 0.15) is 57.1 Å². The predicted octanol–water partition coefficient (Wildman–Crippen LogP) is 6.47. The number of hydrogen-bond acceptors (Lipinski definition) is 8. The number of aromatic hydroxyl groups is 1. The van der Waals surface area contributed by atoms with Gasteiger partial charge in [0, 0.05) is 23.7 Å². The molecule has 8 nitrogen and oxygen atoms in total. The number of nitrogens with one attached hydrogen (secondary N) is 1. The van der Waals surface area contributed by atoms with Gasteiger partial charge in [0.15, 0.2) is 23.0 Å². The van der Waals surface area contributed by atoms with E-state index in [1.165, 1.54) is 16.7 Å². The number of phenols is 1. The molecule has 3 unspecified atom stereocenters. The molecule has 0 spiro atoms. The Hall–Kier alpha value is -4.40. The SMILES string of the molecule is COc1ccc(CC2NCCc3ccc(Oc4c5c(cc(OC)c4OC)C4Cc6cc(O)c(OC)cc6C(C5)N4C)cc32)cc1. The Balaban J connectivity index is 1.27. The summed E-state index contributed by atoms with van der Waals surface area (Å²) in [5.74, 6) is 4.20. The van der Waals surface area contributed by atoms with Crippen LogP contribution in [0.25, 0.3) is 0 Å². The van der Waals surface area contributed by atoms with Gasteiger partial charge in [-0.1, -0.05) is 18.2 Å². The highest BCUT2D eigenvalue weighted by Crippen LogP contribution is 2.55. The van der Waals surface area contributed by atoms with Gasteiger partial charge in [0.25, 0.3) is 0 Å². The molecule has 3 atom stereocenters. The quantitative estimate of drug-likeness (QED) is 0.236. The van der Waals surface area contributed by atoms with E-state index in [4.69, 9.17) is 23.7 Å². The maximum Gasteiger partial charge on any atom is 0.204 e. The number of fused-ring (bicyclic) bond motifs is 7. The van der Waals surface area contributed by atoms with Gasteiger partial charge in [0.2, 0.25) is 5.75 Å². The molecule has 0 fully saturated rings. The van der Waals surface area contributed by atoms with Gasteiger partial charge in [-0.15, -0.1) is 0 Å². The van der Waals surface area contributed by atoms with Crippen molar-refractivity contribution >= 4 is 0 Å². The third-order valence-electron chi connectivity index (χ3n) is 9.81. The zero-order valence-corrected chi connectivity index (χ0v) is 26.5. The molecule has 234 valence electrons. The van der Waals surface area contributed by atoms with E-state index in [0.29, 0.717) is 29.4 Å². The van der Waals surface area contributed by atoms with Crippen LogP contribution in [0.15, 0.2) is 60.7 Å². The second kappa shape index (κ2) is 11.8. The molecule has 7 rings (SSSR count). The van der Waals surface area contributed by atoms with Gasteiger partial charge >= 0.3 is 0 Å². The van der Waals surface area contributed by atoms with E-state index in [2.05, 4.69) is 53.7 Å². The minimum Gasteiger partial charge on any atom is -0.504 e. The van der Waals surface area contributed by atoms with Crippen LogP contribution < -0.4 is 29.0 Å². The van der Waals surface area contributed by atoms with E-state index in [0.717, 1.165) is 59.6 Å². The van der Waals surface area contributed by atoms with E-state index < -0.39 is 0 Å². The largest absolute Gasteiger partial charge is 0.504 e. The zero-order valence-electron chi connectivity index (χ0n) is 26.5. The summed E-state index contributed by atoms with van der Waals surface area (Å²) >= 11 is 0. The molecule has 8 heteroatoms. The molecule has 0 saturated heterocycles.